The number of hydrogen-bond acceptors (Lipinski definition) is 9. The third-order valence-corrected chi connectivity index (χ3v) is 10.3. The molecule has 0 saturated carbocycles. The fourth-order valence-electron chi connectivity index (χ4n) is 3.44. The molecule has 3 aromatic carbocycles. The second-order valence-electron chi connectivity index (χ2n) is 8.22. The summed E-state index contributed by atoms with van der Waals surface area (Å²) in [4.78, 5) is 0. The number of halogens is 6. The lowest BCUT2D eigenvalue weighted by molar-refractivity contribution is 0.300. The van der Waals surface area contributed by atoms with Crippen LogP contribution >= 0.6 is 30.5 Å². The van der Waals surface area contributed by atoms with Crippen molar-refractivity contribution < 1.29 is 48.7 Å². The Kier molecular flexibility index (Phi) is 9.49. The highest BCUT2D eigenvalue weighted by molar-refractivity contribution is 7.92. The van der Waals surface area contributed by atoms with Gasteiger partial charge >= 0.3 is 7.60 Å². The van der Waals surface area contributed by atoms with Crippen molar-refractivity contribution >= 4 is 50.6 Å². The van der Waals surface area contributed by atoms with Crippen LogP contribution in [-0.2, 0) is 14.6 Å². The molecule has 1 N–H and O–H groups in total. The second-order valence-corrected chi connectivity index (χ2v) is 13.6. The Balaban J connectivity index is 1.68. The molecule has 0 aliphatic heterocycles. The summed E-state index contributed by atoms with van der Waals surface area (Å²) in [6.07, 6.45) is -1.20. The molecule has 18 heteroatoms. The van der Waals surface area contributed by atoms with Crippen LogP contribution in [0, 0.1) is 51.7 Å². The van der Waals surface area contributed by atoms with Crippen LogP contribution in [0.3, 0.4) is 0 Å². The van der Waals surface area contributed by atoms with Crippen molar-refractivity contribution in [3.05, 3.63) is 82.7 Å². The Bertz CT molecular complexity index is 1910. The minimum atomic E-state index is -4.77. The molecule has 4 rings (SSSR count). The van der Waals surface area contributed by atoms with Gasteiger partial charge in [-0.25, -0.2) is 30.5 Å². The molecule has 0 atom stereocenters. The predicted octanol–water partition coefficient (Wildman–Crippen LogP) is 6.54. The number of nitrogens with zero attached hydrogens (tertiary/aromatic N) is 2. The van der Waals surface area contributed by atoms with E-state index in [1.165, 1.54) is 0 Å². The van der Waals surface area contributed by atoms with Gasteiger partial charge in [0, 0.05) is 17.5 Å². The summed E-state index contributed by atoms with van der Waals surface area (Å²) < 4.78 is 128. The molecule has 4 aromatic rings. The third kappa shape index (κ3) is 6.85. The molecular formula is C25H14ClF5N3O6PS2. The van der Waals surface area contributed by atoms with Gasteiger partial charge in [-0.15, -0.1) is 22.9 Å². The zero-order chi connectivity index (χ0) is 31.5. The van der Waals surface area contributed by atoms with Crippen LogP contribution in [0.1, 0.15) is 11.1 Å². The van der Waals surface area contributed by atoms with E-state index in [-0.39, 0.29) is 23.8 Å². The quantitative estimate of drug-likeness (QED) is 0.0817. The average Bonchev–Trinajstić information content (AvgIpc) is 3.43. The molecule has 1 aromatic heterocycles. The van der Waals surface area contributed by atoms with Crippen molar-refractivity contribution in [2.24, 2.45) is 0 Å². The average molecular weight is 678 g/mol. The summed E-state index contributed by atoms with van der Waals surface area (Å²) in [6.45, 7) is -0.375. The Morgan fingerprint density at radius 2 is 1.44 bits per heavy atom. The number of ether oxygens (including phenoxy) is 1. The first kappa shape index (κ1) is 32.0. The Hall–Kier alpha value is -3.92. The minimum absolute atomic E-state index is 0.180. The number of fused-ring (bicyclic) bond motifs is 1. The Morgan fingerprint density at radius 1 is 0.884 bits per heavy atom. The van der Waals surface area contributed by atoms with Crippen molar-refractivity contribution in [3.8, 4) is 29.4 Å². The number of nitriles is 2. The van der Waals surface area contributed by atoms with Crippen LogP contribution in [-0.4, -0.2) is 27.2 Å². The first-order chi connectivity index (χ1) is 20.3. The molecule has 0 aliphatic carbocycles. The normalized spacial score (nSPS) is 11.6. The van der Waals surface area contributed by atoms with Crippen molar-refractivity contribution in [2.45, 2.75) is 4.21 Å². The minimum Gasteiger partial charge on any atom is -0.486 e. The van der Waals surface area contributed by atoms with Gasteiger partial charge < -0.3 is 13.8 Å². The van der Waals surface area contributed by atoms with Gasteiger partial charge in [0.1, 0.15) is 52.4 Å². The lowest BCUT2D eigenvalue weighted by Crippen LogP contribution is -2.26. The summed E-state index contributed by atoms with van der Waals surface area (Å²) >= 11 is 5.63. The van der Waals surface area contributed by atoms with Gasteiger partial charge in [-0.3, -0.25) is 0 Å². The molecule has 9 nitrogen and oxygen atoms in total. The monoisotopic (exact) mass is 677 g/mol. The van der Waals surface area contributed by atoms with Crippen molar-refractivity contribution in [2.75, 3.05) is 18.8 Å². The molecule has 0 saturated heterocycles. The molecule has 1 heterocycles. The maximum absolute atomic E-state index is 14.9. The number of sulfonamides is 1. The number of hydrogen-bond donors (Lipinski definition) is 1. The van der Waals surface area contributed by atoms with Crippen LogP contribution in [0.5, 0.6) is 17.2 Å². The van der Waals surface area contributed by atoms with Gasteiger partial charge in [-0.1, -0.05) is 0 Å². The summed E-state index contributed by atoms with van der Waals surface area (Å²) in [7, 11) is -9.54. The van der Waals surface area contributed by atoms with Gasteiger partial charge in [0.05, 0.1) is 21.7 Å². The number of benzene rings is 3. The number of nitrogens with one attached hydrogen (secondary N) is 1. The highest BCUT2D eigenvalue weighted by Crippen LogP contribution is 2.48. The summed E-state index contributed by atoms with van der Waals surface area (Å²) in [5.74, 6) is -9.06. The maximum Gasteiger partial charge on any atom is 0.445 e. The van der Waals surface area contributed by atoms with Crippen LogP contribution < -0.4 is 18.5 Å². The summed E-state index contributed by atoms with van der Waals surface area (Å²) in [5, 5.41) is 17.1. The topological polar surface area (TPSA) is 139 Å². The van der Waals surface area contributed by atoms with E-state index in [0.29, 0.717) is 18.2 Å². The van der Waals surface area contributed by atoms with E-state index in [2.05, 4.69) is 0 Å². The van der Waals surface area contributed by atoms with E-state index >= 15 is 0 Å². The van der Waals surface area contributed by atoms with Gasteiger partial charge in [-0.2, -0.15) is 19.6 Å². The first-order valence-electron chi connectivity index (χ1n) is 11.5. The molecule has 0 aliphatic rings. The van der Waals surface area contributed by atoms with E-state index in [1.807, 2.05) is 4.72 Å². The summed E-state index contributed by atoms with van der Waals surface area (Å²) in [5.41, 5.74) is -0.787. The first-order valence-corrected chi connectivity index (χ1v) is 16.0. The van der Waals surface area contributed by atoms with Crippen molar-refractivity contribution in [1.82, 2.24) is 4.72 Å². The van der Waals surface area contributed by atoms with E-state index < -0.39 is 95.7 Å². The van der Waals surface area contributed by atoms with Crippen LogP contribution in [0.25, 0.3) is 10.1 Å². The molecule has 0 bridgehead atoms. The SMILES string of the molecule is N#Cc1ccc(OP(=O)(CNS(=O)(=O)c2cc3c(F)c(F)c(OCCCl)c(F)c3s2)Oc2ccc(C#N)c(F)c2)cc1F. The number of rotatable bonds is 11. The maximum atomic E-state index is 14.9. The van der Waals surface area contributed by atoms with Gasteiger partial charge in [0.15, 0.2) is 17.4 Å². The lowest BCUT2D eigenvalue weighted by Gasteiger charge is -2.20. The highest BCUT2D eigenvalue weighted by Gasteiger charge is 2.33. The Labute approximate surface area is 249 Å². The second kappa shape index (κ2) is 12.8. The molecule has 0 spiro atoms. The Morgan fingerprint density at radius 3 is 1.93 bits per heavy atom. The molecule has 0 fully saturated rings. The standard InChI is InChI=1S/C25H14ClF5N3O6PS2/c26-5-6-38-24-22(30)21(29)17-9-20(42-25(17)23(24)31)43(36,37)34-12-41(35,39-15-3-1-13(10-32)18(27)7-15)40-16-4-2-14(11-33)19(28)8-16/h1-4,7-9,34H,5-6,12H2. The molecule has 0 amide bonds. The van der Waals surface area contributed by atoms with Crippen LogP contribution in [0.4, 0.5) is 22.0 Å². The largest absolute Gasteiger partial charge is 0.486 e. The van der Waals surface area contributed by atoms with Crippen molar-refractivity contribution in [1.29, 1.82) is 10.5 Å². The van der Waals surface area contributed by atoms with E-state index in [4.69, 9.17) is 35.9 Å². The fraction of sp³-hybridized carbons (Fsp3) is 0.120. The summed E-state index contributed by atoms with van der Waals surface area (Å²) in [6, 6.07) is 9.10. The van der Waals surface area contributed by atoms with E-state index in [0.717, 1.165) is 24.3 Å². The molecule has 0 radical (unpaired) electrons. The lowest BCUT2D eigenvalue weighted by atomic mass is 10.2. The molecule has 0 unspecified atom stereocenters. The van der Waals surface area contributed by atoms with Crippen LogP contribution in [0.15, 0.2) is 46.7 Å². The van der Waals surface area contributed by atoms with Crippen molar-refractivity contribution in [3.63, 3.8) is 0 Å². The van der Waals surface area contributed by atoms with Gasteiger partial charge in [-0.05, 0) is 30.3 Å². The smallest absolute Gasteiger partial charge is 0.445 e. The number of alkyl halides is 1. The third-order valence-electron chi connectivity index (χ3n) is 5.38. The highest BCUT2D eigenvalue weighted by atomic mass is 35.5. The molecule has 43 heavy (non-hydrogen) atoms. The number of thiophene rings is 1. The van der Waals surface area contributed by atoms with E-state index in [1.54, 1.807) is 12.1 Å². The zero-order valence-corrected chi connectivity index (χ0v) is 24.3. The van der Waals surface area contributed by atoms with Crippen LogP contribution in [0.2, 0.25) is 0 Å². The van der Waals surface area contributed by atoms with E-state index in [9.17, 15) is 34.9 Å². The van der Waals surface area contributed by atoms with Gasteiger partial charge in [0.2, 0.25) is 5.82 Å². The predicted molar refractivity (Wildman–Crippen MR) is 144 cm³/mol. The molecule has 224 valence electrons. The molecular weight excluding hydrogens is 664 g/mol. The zero-order valence-electron chi connectivity index (χ0n) is 21.0. The van der Waals surface area contributed by atoms with Gasteiger partial charge in [0.25, 0.3) is 10.0 Å². The fourth-order valence-corrected chi connectivity index (χ4v) is 7.96.